The minimum absolute atomic E-state index is 0.181. The van der Waals surface area contributed by atoms with E-state index in [1.54, 1.807) is 41.1 Å². The Hall–Kier alpha value is -2.27. The average Bonchev–Trinajstić information content (AvgIpc) is 2.98. The zero-order chi connectivity index (χ0) is 20.4. The number of rotatable bonds is 5. The summed E-state index contributed by atoms with van der Waals surface area (Å²) < 4.78 is 1.72. The van der Waals surface area contributed by atoms with Gasteiger partial charge in [0, 0.05) is 32.6 Å². The number of aryl methyl sites for hydroxylation is 2. The maximum atomic E-state index is 13.2. The van der Waals surface area contributed by atoms with Gasteiger partial charge < -0.3 is 0 Å². The number of Topliss-reactive ketones (excluding diaryl/α,β-unsaturated/α-hetero) is 1. The van der Waals surface area contributed by atoms with E-state index in [-0.39, 0.29) is 23.3 Å². The van der Waals surface area contributed by atoms with Crippen LogP contribution >= 0.6 is 34.8 Å². The highest BCUT2D eigenvalue weighted by Gasteiger charge is 2.24. The van der Waals surface area contributed by atoms with E-state index < -0.39 is 0 Å². The van der Waals surface area contributed by atoms with Crippen molar-refractivity contribution < 1.29 is 9.59 Å². The Labute approximate surface area is 178 Å². The van der Waals surface area contributed by atoms with Crippen molar-refractivity contribution in [2.75, 3.05) is 11.6 Å². The van der Waals surface area contributed by atoms with E-state index in [1.807, 2.05) is 26.0 Å². The summed E-state index contributed by atoms with van der Waals surface area (Å²) in [7, 11) is 0. The van der Waals surface area contributed by atoms with Crippen LogP contribution in [0.15, 0.2) is 54.6 Å². The van der Waals surface area contributed by atoms with E-state index in [1.165, 1.54) is 11.1 Å². The molecule has 3 rings (SSSR count). The summed E-state index contributed by atoms with van der Waals surface area (Å²) in [4.78, 5) is 26.2. The van der Waals surface area contributed by atoms with Gasteiger partial charge in [-0.05, 0) is 68.4 Å². The molecule has 0 fully saturated rings. The van der Waals surface area contributed by atoms with E-state index in [2.05, 4.69) is 0 Å². The maximum Gasteiger partial charge on any atom is 0.273 e. The van der Waals surface area contributed by atoms with E-state index >= 15 is 0 Å². The second kappa shape index (κ2) is 8.39. The fourth-order valence-corrected chi connectivity index (χ4v) is 3.59. The van der Waals surface area contributed by atoms with Crippen LogP contribution < -0.4 is 5.01 Å². The zero-order valence-corrected chi connectivity index (χ0v) is 17.5. The molecule has 0 radical (unpaired) electrons. The molecular formula is C21H17Cl3N2O2. The Kier molecular flexibility index (Phi) is 6.14. The van der Waals surface area contributed by atoms with Gasteiger partial charge in [0.2, 0.25) is 0 Å². The normalized spacial score (nSPS) is 10.8. The molecule has 0 aliphatic rings. The number of amides is 1. The molecular weight excluding hydrogens is 419 g/mol. The van der Waals surface area contributed by atoms with Crippen molar-refractivity contribution in [3.63, 3.8) is 0 Å². The number of ketones is 1. The second-order valence-electron chi connectivity index (χ2n) is 6.34. The van der Waals surface area contributed by atoms with E-state index in [0.717, 1.165) is 11.4 Å². The molecule has 28 heavy (non-hydrogen) atoms. The van der Waals surface area contributed by atoms with Crippen molar-refractivity contribution in [2.45, 2.75) is 13.8 Å². The molecule has 0 bridgehead atoms. The Morgan fingerprint density at radius 3 is 2.00 bits per heavy atom. The number of hydrogen-bond donors (Lipinski definition) is 0. The van der Waals surface area contributed by atoms with Crippen molar-refractivity contribution in [3.8, 4) is 0 Å². The number of halogens is 3. The van der Waals surface area contributed by atoms with Gasteiger partial charge in [-0.3, -0.25) is 14.3 Å². The lowest BCUT2D eigenvalue weighted by molar-refractivity contribution is 0.0908. The summed E-state index contributed by atoms with van der Waals surface area (Å²) in [5, 5.41) is 2.62. The monoisotopic (exact) mass is 434 g/mol. The number of nitrogens with zero attached hydrogens (tertiary/aromatic N) is 2. The van der Waals surface area contributed by atoms with Crippen LogP contribution in [0.2, 0.25) is 15.1 Å². The highest BCUT2D eigenvalue weighted by molar-refractivity contribution is 6.37. The van der Waals surface area contributed by atoms with Crippen LogP contribution in [0.3, 0.4) is 0 Å². The highest BCUT2D eigenvalue weighted by atomic mass is 35.5. The van der Waals surface area contributed by atoms with Gasteiger partial charge in [-0.15, -0.1) is 0 Å². The fraction of sp³-hybridized carbons (Fsp3) is 0.143. The van der Waals surface area contributed by atoms with Crippen LogP contribution in [0, 0.1) is 13.8 Å². The Balaban J connectivity index is 2.00. The number of hydrogen-bond acceptors (Lipinski definition) is 2. The molecule has 0 spiro atoms. The van der Waals surface area contributed by atoms with Crippen molar-refractivity contribution in [3.05, 3.63) is 92.2 Å². The molecule has 1 heterocycles. The number of carbonyl (C=O) groups excluding carboxylic acids is 2. The molecule has 2 aromatic carbocycles. The van der Waals surface area contributed by atoms with Crippen LogP contribution in [-0.2, 0) is 0 Å². The topological polar surface area (TPSA) is 42.3 Å². The molecule has 0 aliphatic heterocycles. The predicted molar refractivity (Wildman–Crippen MR) is 114 cm³/mol. The molecule has 144 valence electrons. The van der Waals surface area contributed by atoms with Gasteiger partial charge in [0.1, 0.15) is 6.54 Å². The molecule has 3 aromatic rings. The third-order valence-corrected chi connectivity index (χ3v) is 5.13. The average molecular weight is 436 g/mol. The fourth-order valence-electron chi connectivity index (χ4n) is 2.95. The number of aromatic nitrogens is 1. The smallest absolute Gasteiger partial charge is 0.273 e. The van der Waals surface area contributed by atoms with E-state index in [0.29, 0.717) is 21.2 Å². The molecule has 0 aliphatic carbocycles. The lowest BCUT2D eigenvalue weighted by Crippen LogP contribution is -2.45. The minimum atomic E-state index is -0.322. The minimum Gasteiger partial charge on any atom is -0.292 e. The zero-order valence-electron chi connectivity index (χ0n) is 15.2. The molecule has 0 N–H and O–H groups in total. The van der Waals surface area contributed by atoms with Gasteiger partial charge in [0.05, 0.1) is 5.02 Å². The standard InChI is InChI=1S/C21H17Cl3N2O2/c1-13-3-4-14(2)26(13)25(21(28)15-5-7-16(22)8-6-15)12-20(27)18-10-9-17(23)11-19(18)24/h3-11H,12H2,1-2H3. The first-order valence-electron chi connectivity index (χ1n) is 8.49. The summed E-state index contributed by atoms with van der Waals surface area (Å²) >= 11 is 18.0. The predicted octanol–water partition coefficient (Wildman–Crippen LogP) is 5.73. The van der Waals surface area contributed by atoms with Gasteiger partial charge >= 0.3 is 0 Å². The summed E-state index contributed by atoms with van der Waals surface area (Å²) in [6.45, 7) is 3.56. The number of carbonyl (C=O) groups is 2. The van der Waals surface area contributed by atoms with Gasteiger partial charge in [-0.25, -0.2) is 5.01 Å². The first-order chi connectivity index (χ1) is 13.3. The number of benzene rings is 2. The first kappa shape index (κ1) is 20.5. The largest absolute Gasteiger partial charge is 0.292 e. The molecule has 1 aromatic heterocycles. The second-order valence-corrected chi connectivity index (χ2v) is 7.63. The Morgan fingerprint density at radius 2 is 1.43 bits per heavy atom. The summed E-state index contributed by atoms with van der Waals surface area (Å²) in [5.41, 5.74) is 2.39. The van der Waals surface area contributed by atoms with Crippen LogP contribution in [-0.4, -0.2) is 22.9 Å². The van der Waals surface area contributed by atoms with Crippen molar-refractivity contribution in [1.82, 2.24) is 4.68 Å². The summed E-state index contributed by atoms with van der Waals surface area (Å²) in [6.07, 6.45) is 0. The Bertz CT molecular complexity index is 1020. The molecule has 0 saturated heterocycles. The quantitative estimate of drug-likeness (QED) is 0.481. The molecule has 0 saturated carbocycles. The van der Waals surface area contributed by atoms with Gasteiger partial charge in [-0.1, -0.05) is 34.8 Å². The van der Waals surface area contributed by atoms with Gasteiger partial charge in [0.25, 0.3) is 5.91 Å². The lowest BCUT2D eigenvalue weighted by atomic mass is 10.1. The van der Waals surface area contributed by atoms with Gasteiger partial charge in [0.15, 0.2) is 5.78 Å². The summed E-state index contributed by atoms with van der Waals surface area (Å²) in [6, 6.07) is 15.0. The molecule has 7 heteroatoms. The van der Waals surface area contributed by atoms with Crippen LogP contribution in [0.1, 0.15) is 32.1 Å². The summed E-state index contributed by atoms with van der Waals surface area (Å²) in [5.74, 6) is -0.617. The first-order valence-corrected chi connectivity index (χ1v) is 9.62. The lowest BCUT2D eigenvalue weighted by Gasteiger charge is -2.27. The molecule has 0 atom stereocenters. The molecule has 0 unspecified atom stereocenters. The van der Waals surface area contributed by atoms with Crippen LogP contribution in [0.4, 0.5) is 0 Å². The SMILES string of the molecule is Cc1ccc(C)n1N(CC(=O)c1ccc(Cl)cc1Cl)C(=O)c1ccc(Cl)cc1. The van der Waals surface area contributed by atoms with Crippen LogP contribution in [0.5, 0.6) is 0 Å². The van der Waals surface area contributed by atoms with Crippen molar-refractivity contribution in [1.29, 1.82) is 0 Å². The van der Waals surface area contributed by atoms with Gasteiger partial charge in [-0.2, -0.15) is 0 Å². The Morgan fingerprint density at radius 1 is 0.857 bits per heavy atom. The molecule has 1 amide bonds. The van der Waals surface area contributed by atoms with E-state index in [4.69, 9.17) is 34.8 Å². The third-order valence-electron chi connectivity index (χ3n) is 4.33. The highest BCUT2D eigenvalue weighted by Crippen LogP contribution is 2.22. The molecule has 4 nitrogen and oxygen atoms in total. The van der Waals surface area contributed by atoms with E-state index in [9.17, 15) is 9.59 Å². The van der Waals surface area contributed by atoms with Crippen LogP contribution in [0.25, 0.3) is 0 Å². The van der Waals surface area contributed by atoms with Crippen molar-refractivity contribution in [2.24, 2.45) is 0 Å². The van der Waals surface area contributed by atoms with Crippen molar-refractivity contribution >= 4 is 46.5 Å². The maximum absolute atomic E-state index is 13.2. The third kappa shape index (κ3) is 4.25.